The van der Waals surface area contributed by atoms with Gasteiger partial charge in [0.15, 0.2) is 0 Å². The summed E-state index contributed by atoms with van der Waals surface area (Å²) in [6.07, 6.45) is 3.54. The van der Waals surface area contributed by atoms with Crippen LogP contribution in [-0.2, 0) is 4.79 Å². The van der Waals surface area contributed by atoms with E-state index in [1.54, 1.807) is 0 Å². The van der Waals surface area contributed by atoms with E-state index in [1.165, 1.54) is 0 Å². The van der Waals surface area contributed by atoms with E-state index in [2.05, 4.69) is 0 Å². The van der Waals surface area contributed by atoms with Crippen LogP contribution in [0.25, 0.3) is 0 Å². The van der Waals surface area contributed by atoms with Crippen molar-refractivity contribution in [3.8, 4) is 0 Å². The number of rotatable bonds is 3. The molecule has 1 N–H and O–H groups in total. The Hall–Kier alpha value is -0.670. The molecule has 0 radical (unpaired) electrons. The van der Waals surface area contributed by atoms with Crippen LogP contribution in [0.5, 0.6) is 0 Å². The van der Waals surface area contributed by atoms with Crippen LogP contribution in [-0.4, -0.2) is 17.0 Å². The fraction of sp³-hybridized carbons (Fsp3) is 0.900. The van der Waals surface area contributed by atoms with Crippen LogP contribution in [0.4, 0.5) is 8.78 Å². The summed E-state index contributed by atoms with van der Waals surface area (Å²) < 4.78 is 26.7. The Balaban J connectivity index is 2.54. The van der Waals surface area contributed by atoms with Gasteiger partial charge >= 0.3 is 5.97 Å². The number of halogens is 2. The predicted octanol–water partition coefficient (Wildman–Crippen LogP) is 3.07. The Labute approximate surface area is 82.3 Å². The topological polar surface area (TPSA) is 37.3 Å². The van der Waals surface area contributed by atoms with Gasteiger partial charge in [-0.15, -0.1) is 0 Å². The SMILES string of the molecule is O=C(O)CC(F)(F)C1CCCCCC1. The molecule has 0 saturated heterocycles. The minimum absolute atomic E-state index is 0.472. The zero-order valence-corrected chi connectivity index (χ0v) is 8.14. The summed E-state index contributed by atoms with van der Waals surface area (Å²) in [7, 11) is 0. The van der Waals surface area contributed by atoms with Gasteiger partial charge in [0.1, 0.15) is 6.42 Å². The molecule has 0 atom stereocenters. The van der Waals surface area contributed by atoms with E-state index in [0.29, 0.717) is 12.8 Å². The van der Waals surface area contributed by atoms with E-state index in [-0.39, 0.29) is 0 Å². The molecule has 0 bridgehead atoms. The minimum Gasteiger partial charge on any atom is -0.481 e. The van der Waals surface area contributed by atoms with Crippen LogP contribution in [0.15, 0.2) is 0 Å². The molecule has 0 aromatic rings. The molecule has 1 saturated carbocycles. The predicted molar refractivity (Wildman–Crippen MR) is 48.4 cm³/mol. The lowest BCUT2D eigenvalue weighted by Gasteiger charge is -2.24. The van der Waals surface area contributed by atoms with Gasteiger partial charge in [-0.3, -0.25) is 4.79 Å². The molecule has 82 valence electrons. The van der Waals surface area contributed by atoms with Crippen LogP contribution in [0, 0.1) is 5.92 Å². The van der Waals surface area contributed by atoms with Crippen molar-refractivity contribution in [2.45, 2.75) is 50.9 Å². The van der Waals surface area contributed by atoms with Crippen molar-refractivity contribution in [2.24, 2.45) is 5.92 Å². The number of carboxylic acid groups (broad SMARTS) is 1. The van der Waals surface area contributed by atoms with Gasteiger partial charge in [-0.2, -0.15) is 0 Å². The summed E-state index contributed by atoms with van der Waals surface area (Å²) in [6, 6.07) is 0. The first-order chi connectivity index (χ1) is 6.52. The van der Waals surface area contributed by atoms with E-state index in [9.17, 15) is 13.6 Å². The molecule has 1 fully saturated rings. The van der Waals surface area contributed by atoms with Crippen molar-refractivity contribution in [3.05, 3.63) is 0 Å². The first kappa shape index (κ1) is 11.4. The smallest absolute Gasteiger partial charge is 0.309 e. The second-order valence-corrected chi connectivity index (χ2v) is 4.02. The molecular weight excluding hydrogens is 190 g/mol. The molecule has 0 amide bonds. The van der Waals surface area contributed by atoms with Gasteiger partial charge in [0.05, 0.1) is 0 Å². The van der Waals surface area contributed by atoms with Gasteiger partial charge in [-0.1, -0.05) is 25.7 Å². The van der Waals surface area contributed by atoms with Gasteiger partial charge in [0.2, 0.25) is 0 Å². The molecule has 2 nitrogen and oxygen atoms in total. The summed E-state index contributed by atoms with van der Waals surface area (Å²) in [4.78, 5) is 10.3. The molecule has 1 aliphatic rings. The Morgan fingerprint density at radius 1 is 1.21 bits per heavy atom. The first-order valence-electron chi connectivity index (χ1n) is 5.12. The Morgan fingerprint density at radius 3 is 2.14 bits per heavy atom. The van der Waals surface area contributed by atoms with Crippen molar-refractivity contribution in [1.82, 2.24) is 0 Å². The van der Waals surface area contributed by atoms with Crippen molar-refractivity contribution in [1.29, 1.82) is 0 Å². The highest BCUT2D eigenvalue weighted by atomic mass is 19.3. The molecule has 0 heterocycles. The summed E-state index contributed by atoms with van der Waals surface area (Å²) in [5.74, 6) is -5.14. The maximum absolute atomic E-state index is 13.4. The number of hydrogen-bond acceptors (Lipinski definition) is 1. The lowest BCUT2D eigenvalue weighted by atomic mass is 9.91. The number of aliphatic carboxylic acids is 1. The molecule has 0 aliphatic heterocycles. The quantitative estimate of drug-likeness (QED) is 0.720. The second-order valence-electron chi connectivity index (χ2n) is 4.02. The molecule has 1 aliphatic carbocycles. The maximum Gasteiger partial charge on any atom is 0.309 e. The van der Waals surface area contributed by atoms with Crippen LogP contribution in [0.1, 0.15) is 44.9 Å². The third kappa shape index (κ3) is 3.24. The lowest BCUT2D eigenvalue weighted by molar-refractivity contribution is -0.150. The summed E-state index contributed by atoms with van der Waals surface area (Å²) >= 11 is 0. The van der Waals surface area contributed by atoms with Gasteiger partial charge < -0.3 is 5.11 Å². The van der Waals surface area contributed by atoms with Gasteiger partial charge in [-0.05, 0) is 12.8 Å². The van der Waals surface area contributed by atoms with E-state index in [0.717, 1.165) is 25.7 Å². The van der Waals surface area contributed by atoms with E-state index in [1.807, 2.05) is 0 Å². The zero-order chi connectivity index (χ0) is 10.6. The third-order valence-corrected chi connectivity index (χ3v) is 2.84. The molecule has 1 rings (SSSR count). The summed E-state index contributed by atoms with van der Waals surface area (Å²) in [5.41, 5.74) is 0. The molecule has 0 unspecified atom stereocenters. The Bertz CT molecular complexity index is 196. The van der Waals surface area contributed by atoms with E-state index in [4.69, 9.17) is 5.11 Å². The minimum atomic E-state index is -3.02. The fourth-order valence-electron chi connectivity index (χ4n) is 2.05. The summed E-state index contributed by atoms with van der Waals surface area (Å²) in [5, 5.41) is 8.37. The van der Waals surface area contributed by atoms with Gasteiger partial charge in [-0.25, -0.2) is 8.78 Å². The zero-order valence-electron chi connectivity index (χ0n) is 8.14. The number of hydrogen-bond donors (Lipinski definition) is 1. The Kier molecular flexibility index (Phi) is 3.84. The highest BCUT2D eigenvalue weighted by molar-refractivity contribution is 5.67. The molecule has 14 heavy (non-hydrogen) atoms. The fourth-order valence-corrected chi connectivity index (χ4v) is 2.05. The normalized spacial score (nSPS) is 20.4. The lowest BCUT2D eigenvalue weighted by Crippen LogP contribution is -2.30. The van der Waals surface area contributed by atoms with Crippen LogP contribution >= 0.6 is 0 Å². The molecule has 0 aromatic carbocycles. The Morgan fingerprint density at radius 2 is 1.71 bits per heavy atom. The summed E-state index contributed by atoms with van der Waals surface area (Å²) in [6.45, 7) is 0. The van der Waals surface area contributed by atoms with Crippen molar-refractivity contribution in [3.63, 3.8) is 0 Å². The second kappa shape index (κ2) is 4.71. The first-order valence-corrected chi connectivity index (χ1v) is 5.12. The standard InChI is InChI=1S/C10H16F2O2/c11-10(12,7-9(13)14)8-5-3-1-2-4-6-8/h8H,1-7H2,(H,13,14). The molecule has 4 heteroatoms. The van der Waals surface area contributed by atoms with Crippen molar-refractivity contribution < 1.29 is 18.7 Å². The average molecular weight is 206 g/mol. The number of carbonyl (C=O) groups is 1. The van der Waals surface area contributed by atoms with E-state index < -0.39 is 24.2 Å². The average Bonchev–Trinajstić information content (AvgIpc) is 2.28. The van der Waals surface area contributed by atoms with E-state index >= 15 is 0 Å². The van der Waals surface area contributed by atoms with Crippen LogP contribution in [0.3, 0.4) is 0 Å². The van der Waals surface area contributed by atoms with Crippen LogP contribution in [0.2, 0.25) is 0 Å². The van der Waals surface area contributed by atoms with Crippen molar-refractivity contribution in [2.75, 3.05) is 0 Å². The monoisotopic (exact) mass is 206 g/mol. The highest BCUT2D eigenvalue weighted by Crippen LogP contribution is 2.37. The van der Waals surface area contributed by atoms with Gasteiger partial charge in [0.25, 0.3) is 5.92 Å². The largest absolute Gasteiger partial charge is 0.481 e. The maximum atomic E-state index is 13.4. The number of alkyl halides is 2. The third-order valence-electron chi connectivity index (χ3n) is 2.84. The van der Waals surface area contributed by atoms with Gasteiger partial charge in [0, 0.05) is 5.92 Å². The highest BCUT2D eigenvalue weighted by Gasteiger charge is 2.41. The van der Waals surface area contributed by atoms with Crippen LogP contribution < -0.4 is 0 Å². The molecule has 0 spiro atoms. The molecule has 0 aromatic heterocycles. The molecular formula is C10H16F2O2. The number of carboxylic acids is 1. The van der Waals surface area contributed by atoms with Crippen molar-refractivity contribution >= 4 is 5.97 Å².